The van der Waals surface area contributed by atoms with Crippen LogP contribution in [0, 0.1) is 0 Å². The summed E-state index contributed by atoms with van der Waals surface area (Å²) in [7, 11) is 0. The second-order valence-corrected chi connectivity index (χ2v) is 7.22. The van der Waals surface area contributed by atoms with Crippen molar-refractivity contribution in [2.45, 2.75) is 31.9 Å². The van der Waals surface area contributed by atoms with Gasteiger partial charge in [-0.1, -0.05) is 42.5 Å². The highest BCUT2D eigenvalue weighted by Crippen LogP contribution is 2.28. The number of nitrogens with zero attached hydrogens (tertiary/aromatic N) is 1. The van der Waals surface area contributed by atoms with Gasteiger partial charge >= 0.3 is 0 Å². The molecule has 1 aromatic heterocycles. The van der Waals surface area contributed by atoms with Gasteiger partial charge in [0.1, 0.15) is 10.8 Å². The molecule has 0 unspecified atom stereocenters. The minimum absolute atomic E-state index is 0.130. The quantitative estimate of drug-likeness (QED) is 0.691. The Bertz CT molecular complexity index is 888. The third-order valence-electron chi connectivity index (χ3n) is 4.48. The monoisotopic (exact) mass is 364 g/mol. The van der Waals surface area contributed by atoms with Crippen LogP contribution >= 0.6 is 11.3 Å². The van der Waals surface area contributed by atoms with Gasteiger partial charge in [0.15, 0.2) is 0 Å². The van der Waals surface area contributed by atoms with Gasteiger partial charge in [0, 0.05) is 10.9 Å². The highest BCUT2D eigenvalue weighted by molar-refractivity contribution is 7.13. The molecule has 0 saturated heterocycles. The number of nitrogens with one attached hydrogen (secondary N) is 1. The molecule has 0 radical (unpaired) electrons. The Morgan fingerprint density at radius 2 is 1.88 bits per heavy atom. The number of thiazole rings is 1. The molecule has 4 rings (SSSR count). The molecular weight excluding hydrogens is 344 g/mol. The van der Waals surface area contributed by atoms with Crippen LogP contribution in [0.1, 0.15) is 35.3 Å². The standard InChI is InChI=1S/C21H20N2O2S/c24-20(18-11-4-5-12-19(18)25-17-9-6-10-17)22-13-16-14-26-21(23-16)15-7-2-1-3-8-15/h1-5,7-8,11-12,14,17H,6,9-10,13H2,(H,22,24). The van der Waals surface area contributed by atoms with E-state index in [4.69, 9.17) is 4.74 Å². The van der Waals surface area contributed by atoms with Gasteiger partial charge in [-0.25, -0.2) is 4.98 Å². The Kier molecular flexibility index (Phi) is 4.97. The maximum atomic E-state index is 12.6. The summed E-state index contributed by atoms with van der Waals surface area (Å²) in [6.07, 6.45) is 3.58. The van der Waals surface area contributed by atoms with Gasteiger partial charge < -0.3 is 10.1 Å². The third-order valence-corrected chi connectivity index (χ3v) is 5.42. The third kappa shape index (κ3) is 3.78. The Balaban J connectivity index is 1.41. The van der Waals surface area contributed by atoms with Gasteiger partial charge in [-0.05, 0) is 31.4 Å². The lowest BCUT2D eigenvalue weighted by molar-refractivity contribution is 0.0925. The van der Waals surface area contributed by atoms with E-state index in [2.05, 4.69) is 10.3 Å². The van der Waals surface area contributed by atoms with Gasteiger partial charge in [-0.15, -0.1) is 11.3 Å². The van der Waals surface area contributed by atoms with Gasteiger partial charge in [-0.3, -0.25) is 4.79 Å². The molecule has 1 fully saturated rings. The molecule has 26 heavy (non-hydrogen) atoms. The molecular formula is C21H20N2O2S. The molecule has 1 saturated carbocycles. The number of rotatable bonds is 6. The number of hydrogen-bond donors (Lipinski definition) is 1. The van der Waals surface area contributed by atoms with E-state index in [1.807, 2.05) is 53.9 Å². The topological polar surface area (TPSA) is 51.2 Å². The summed E-state index contributed by atoms with van der Waals surface area (Å²) >= 11 is 1.59. The molecule has 1 amide bonds. The van der Waals surface area contributed by atoms with Crippen molar-refractivity contribution in [1.82, 2.24) is 10.3 Å². The van der Waals surface area contributed by atoms with E-state index in [1.54, 1.807) is 17.4 Å². The van der Waals surface area contributed by atoms with E-state index in [-0.39, 0.29) is 12.0 Å². The summed E-state index contributed by atoms with van der Waals surface area (Å²) < 4.78 is 5.94. The van der Waals surface area contributed by atoms with E-state index in [0.717, 1.165) is 29.1 Å². The number of ether oxygens (including phenoxy) is 1. The lowest BCUT2D eigenvalue weighted by Gasteiger charge is -2.27. The highest BCUT2D eigenvalue weighted by Gasteiger charge is 2.21. The number of amides is 1. The van der Waals surface area contributed by atoms with E-state index in [0.29, 0.717) is 17.9 Å². The lowest BCUT2D eigenvalue weighted by atomic mass is 9.96. The minimum atomic E-state index is -0.130. The van der Waals surface area contributed by atoms with E-state index in [1.165, 1.54) is 6.42 Å². The molecule has 1 heterocycles. The first-order valence-corrected chi connectivity index (χ1v) is 9.71. The molecule has 0 aliphatic heterocycles. The normalized spacial score (nSPS) is 13.8. The van der Waals surface area contributed by atoms with Gasteiger partial charge in [-0.2, -0.15) is 0 Å². The van der Waals surface area contributed by atoms with E-state index < -0.39 is 0 Å². The largest absolute Gasteiger partial charge is 0.490 e. The molecule has 4 nitrogen and oxygen atoms in total. The first kappa shape index (κ1) is 16.8. The second-order valence-electron chi connectivity index (χ2n) is 6.36. The molecule has 3 aromatic rings. The van der Waals surface area contributed by atoms with Crippen LogP contribution in [0.3, 0.4) is 0 Å². The number of para-hydroxylation sites is 1. The van der Waals surface area contributed by atoms with Crippen molar-refractivity contribution in [2.24, 2.45) is 0 Å². The smallest absolute Gasteiger partial charge is 0.255 e. The van der Waals surface area contributed by atoms with Crippen molar-refractivity contribution < 1.29 is 9.53 Å². The predicted molar refractivity (Wildman–Crippen MR) is 103 cm³/mol. The van der Waals surface area contributed by atoms with Crippen LogP contribution in [0.25, 0.3) is 10.6 Å². The summed E-state index contributed by atoms with van der Waals surface area (Å²) in [5.74, 6) is 0.534. The van der Waals surface area contributed by atoms with E-state index in [9.17, 15) is 4.79 Å². The van der Waals surface area contributed by atoms with Crippen molar-refractivity contribution >= 4 is 17.2 Å². The summed E-state index contributed by atoms with van der Waals surface area (Å²) in [6.45, 7) is 0.403. The Morgan fingerprint density at radius 3 is 2.65 bits per heavy atom. The Labute approximate surface area is 156 Å². The number of aromatic nitrogens is 1. The molecule has 1 aliphatic rings. The predicted octanol–water partition coefficient (Wildman–Crippen LogP) is 4.67. The Morgan fingerprint density at radius 1 is 1.12 bits per heavy atom. The number of carbonyl (C=O) groups excluding carboxylic acids is 1. The first-order chi connectivity index (χ1) is 12.8. The van der Waals surface area contributed by atoms with Crippen molar-refractivity contribution in [3.8, 4) is 16.3 Å². The maximum Gasteiger partial charge on any atom is 0.255 e. The molecule has 132 valence electrons. The molecule has 0 atom stereocenters. The number of hydrogen-bond acceptors (Lipinski definition) is 4. The van der Waals surface area contributed by atoms with Gasteiger partial charge in [0.25, 0.3) is 5.91 Å². The fraction of sp³-hybridized carbons (Fsp3) is 0.238. The van der Waals surface area contributed by atoms with Gasteiger partial charge in [0.2, 0.25) is 0 Å². The van der Waals surface area contributed by atoms with Gasteiger partial charge in [0.05, 0.1) is 23.9 Å². The van der Waals surface area contributed by atoms with Crippen molar-refractivity contribution in [1.29, 1.82) is 0 Å². The zero-order chi connectivity index (χ0) is 17.8. The molecule has 0 bridgehead atoms. The lowest BCUT2D eigenvalue weighted by Crippen LogP contribution is -2.27. The van der Waals surface area contributed by atoms with Crippen LogP contribution in [-0.2, 0) is 6.54 Å². The average Bonchev–Trinajstić information content (AvgIpc) is 3.13. The van der Waals surface area contributed by atoms with Crippen LogP contribution in [0.15, 0.2) is 60.0 Å². The van der Waals surface area contributed by atoms with Crippen LogP contribution in [0.2, 0.25) is 0 Å². The van der Waals surface area contributed by atoms with Crippen LogP contribution in [0.5, 0.6) is 5.75 Å². The van der Waals surface area contributed by atoms with Crippen molar-refractivity contribution in [3.05, 3.63) is 71.2 Å². The number of benzene rings is 2. The number of carbonyl (C=O) groups is 1. The molecule has 5 heteroatoms. The molecule has 1 aliphatic carbocycles. The van der Waals surface area contributed by atoms with Crippen LogP contribution in [-0.4, -0.2) is 17.0 Å². The summed E-state index contributed by atoms with van der Waals surface area (Å²) in [5.41, 5.74) is 2.53. The van der Waals surface area contributed by atoms with Crippen LogP contribution < -0.4 is 10.1 Å². The zero-order valence-electron chi connectivity index (χ0n) is 14.4. The summed E-state index contributed by atoms with van der Waals surface area (Å²) in [6, 6.07) is 17.5. The van der Waals surface area contributed by atoms with Crippen molar-refractivity contribution in [2.75, 3.05) is 0 Å². The summed E-state index contributed by atoms with van der Waals surface area (Å²) in [5, 5.41) is 5.90. The highest BCUT2D eigenvalue weighted by atomic mass is 32.1. The van der Waals surface area contributed by atoms with Crippen LogP contribution in [0.4, 0.5) is 0 Å². The SMILES string of the molecule is O=C(NCc1csc(-c2ccccc2)n1)c1ccccc1OC1CCC1. The zero-order valence-corrected chi connectivity index (χ0v) is 15.2. The second kappa shape index (κ2) is 7.70. The molecule has 1 N–H and O–H groups in total. The first-order valence-electron chi connectivity index (χ1n) is 8.83. The fourth-order valence-corrected chi connectivity index (χ4v) is 3.62. The fourth-order valence-electron chi connectivity index (χ4n) is 2.79. The average molecular weight is 364 g/mol. The maximum absolute atomic E-state index is 12.6. The van der Waals surface area contributed by atoms with E-state index >= 15 is 0 Å². The summed E-state index contributed by atoms with van der Waals surface area (Å²) in [4.78, 5) is 17.2. The van der Waals surface area contributed by atoms with Crippen molar-refractivity contribution in [3.63, 3.8) is 0 Å². The molecule has 2 aromatic carbocycles. The molecule has 0 spiro atoms. The minimum Gasteiger partial charge on any atom is -0.490 e. The Hall–Kier alpha value is -2.66.